The molecule has 132 valence electrons. The van der Waals surface area contributed by atoms with Gasteiger partial charge in [-0.25, -0.2) is 4.79 Å². The second-order valence-electron chi connectivity index (χ2n) is 6.82. The molecule has 0 fully saturated rings. The van der Waals surface area contributed by atoms with Gasteiger partial charge in [-0.1, -0.05) is 6.07 Å². The molecule has 0 spiro atoms. The van der Waals surface area contributed by atoms with Gasteiger partial charge in [-0.15, -0.1) is 0 Å². The summed E-state index contributed by atoms with van der Waals surface area (Å²) in [6.45, 7) is 9.08. The van der Waals surface area contributed by atoms with Crippen molar-refractivity contribution in [2.45, 2.75) is 46.3 Å². The van der Waals surface area contributed by atoms with Gasteiger partial charge in [0.15, 0.2) is 0 Å². The van der Waals surface area contributed by atoms with Crippen molar-refractivity contribution in [3.8, 4) is 0 Å². The Morgan fingerprint density at radius 3 is 2.67 bits per heavy atom. The van der Waals surface area contributed by atoms with E-state index in [-0.39, 0.29) is 18.6 Å². The average Bonchev–Trinajstić information content (AvgIpc) is 2.50. The number of amides is 2. The van der Waals surface area contributed by atoms with E-state index in [0.29, 0.717) is 25.4 Å². The van der Waals surface area contributed by atoms with E-state index in [1.807, 2.05) is 45.9 Å². The molecule has 6 heteroatoms. The van der Waals surface area contributed by atoms with E-state index < -0.39 is 5.60 Å². The zero-order valence-electron chi connectivity index (χ0n) is 14.8. The molecule has 0 unspecified atom stereocenters. The van der Waals surface area contributed by atoms with Crippen LogP contribution in [-0.4, -0.2) is 42.3 Å². The van der Waals surface area contributed by atoms with E-state index >= 15 is 0 Å². The van der Waals surface area contributed by atoms with Gasteiger partial charge < -0.3 is 19.7 Å². The number of ether oxygens (including phenoxy) is 2. The van der Waals surface area contributed by atoms with Crippen molar-refractivity contribution in [1.82, 2.24) is 4.90 Å². The number of carbonyl (C=O) groups is 2. The minimum absolute atomic E-state index is 0.0393. The molecule has 2 rings (SSSR count). The predicted molar refractivity (Wildman–Crippen MR) is 91.9 cm³/mol. The van der Waals surface area contributed by atoms with Crippen molar-refractivity contribution >= 4 is 17.7 Å². The van der Waals surface area contributed by atoms with Crippen molar-refractivity contribution in [2.75, 3.05) is 25.1 Å². The highest BCUT2D eigenvalue weighted by Gasteiger charge is 2.25. The van der Waals surface area contributed by atoms with Crippen LogP contribution in [0.5, 0.6) is 0 Å². The first-order valence-corrected chi connectivity index (χ1v) is 8.26. The topological polar surface area (TPSA) is 67.9 Å². The number of rotatable bonds is 4. The molecule has 1 aromatic rings. The van der Waals surface area contributed by atoms with Gasteiger partial charge in [0.2, 0.25) is 5.91 Å². The first-order chi connectivity index (χ1) is 11.3. The molecule has 6 nitrogen and oxygen atoms in total. The predicted octanol–water partition coefficient (Wildman–Crippen LogP) is 2.95. The zero-order valence-corrected chi connectivity index (χ0v) is 14.8. The summed E-state index contributed by atoms with van der Waals surface area (Å²) in [7, 11) is 0. The summed E-state index contributed by atoms with van der Waals surface area (Å²) in [5, 5.41) is 2.81. The van der Waals surface area contributed by atoms with Crippen LogP contribution in [0.3, 0.4) is 0 Å². The van der Waals surface area contributed by atoms with E-state index in [9.17, 15) is 9.59 Å². The lowest BCUT2D eigenvalue weighted by Gasteiger charge is -2.31. The Kier molecular flexibility index (Phi) is 5.83. The number of carbonyl (C=O) groups excluding carboxylic acids is 2. The van der Waals surface area contributed by atoms with Crippen LogP contribution < -0.4 is 5.32 Å². The Morgan fingerprint density at radius 2 is 2.00 bits per heavy atom. The van der Waals surface area contributed by atoms with E-state index in [1.165, 1.54) is 5.56 Å². The molecule has 0 saturated carbocycles. The first kappa shape index (κ1) is 18.3. The lowest BCUT2D eigenvalue weighted by atomic mass is 9.99. The molecule has 0 aromatic heterocycles. The van der Waals surface area contributed by atoms with Crippen molar-refractivity contribution in [3.63, 3.8) is 0 Å². The Bertz CT molecular complexity index is 608. The minimum Gasteiger partial charge on any atom is -0.444 e. The molecule has 1 heterocycles. The van der Waals surface area contributed by atoms with Gasteiger partial charge in [0.1, 0.15) is 12.2 Å². The molecule has 1 N–H and O–H groups in total. The molecule has 2 amide bonds. The van der Waals surface area contributed by atoms with Crippen LogP contribution in [0, 0.1) is 0 Å². The summed E-state index contributed by atoms with van der Waals surface area (Å²) < 4.78 is 10.5. The monoisotopic (exact) mass is 334 g/mol. The van der Waals surface area contributed by atoms with Crippen LogP contribution in [0.4, 0.5) is 10.5 Å². The Hall–Kier alpha value is -2.08. The van der Waals surface area contributed by atoms with Gasteiger partial charge in [-0.05, 0) is 57.4 Å². The van der Waals surface area contributed by atoms with Crippen molar-refractivity contribution in [1.29, 1.82) is 0 Å². The molecule has 0 saturated heterocycles. The van der Waals surface area contributed by atoms with Crippen molar-refractivity contribution < 1.29 is 19.1 Å². The highest BCUT2D eigenvalue weighted by atomic mass is 16.6. The second kappa shape index (κ2) is 7.66. The van der Waals surface area contributed by atoms with E-state index in [0.717, 1.165) is 12.0 Å². The largest absolute Gasteiger partial charge is 0.444 e. The number of anilines is 1. The van der Waals surface area contributed by atoms with Crippen LogP contribution in [0.2, 0.25) is 0 Å². The standard InChI is InChI=1S/C18H26N2O4/c1-5-23-12-16(21)19-15-7-6-13-8-9-20(11-14(13)10-15)17(22)24-18(2,3)4/h6-7,10H,5,8-9,11-12H2,1-4H3,(H,19,21). The Balaban J connectivity index is 2.03. The average molecular weight is 334 g/mol. The fourth-order valence-electron chi connectivity index (χ4n) is 2.51. The van der Waals surface area contributed by atoms with Gasteiger partial charge in [0.25, 0.3) is 0 Å². The molecule has 0 bridgehead atoms. The summed E-state index contributed by atoms with van der Waals surface area (Å²) in [5.74, 6) is -0.184. The number of fused-ring (bicyclic) bond motifs is 1. The summed E-state index contributed by atoms with van der Waals surface area (Å²) >= 11 is 0. The van der Waals surface area contributed by atoms with Crippen LogP contribution in [0.25, 0.3) is 0 Å². The summed E-state index contributed by atoms with van der Waals surface area (Å²) in [4.78, 5) is 25.7. The fourth-order valence-corrected chi connectivity index (χ4v) is 2.51. The van der Waals surface area contributed by atoms with Gasteiger partial charge in [-0.3, -0.25) is 4.79 Å². The van der Waals surface area contributed by atoms with Crippen LogP contribution >= 0.6 is 0 Å². The molecular weight excluding hydrogens is 308 g/mol. The normalized spacial score (nSPS) is 14.1. The van der Waals surface area contributed by atoms with Crippen molar-refractivity contribution in [2.24, 2.45) is 0 Å². The van der Waals surface area contributed by atoms with E-state index in [1.54, 1.807) is 4.90 Å². The minimum atomic E-state index is -0.507. The van der Waals surface area contributed by atoms with E-state index in [2.05, 4.69) is 5.32 Å². The molecular formula is C18H26N2O4. The summed E-state index contributed by atoms with van der Waals surface area (Å²) in [5.41, 5.74) is 2.43. The Morgan fingerprint density at radius 1 is 1.25 bits per heavy atom. The van der Waals surface area contributed by atoms with Crippen LogP contribution in [0.15, 0.2) is 18.2 Å². The third kappa shape index (κ3) is 5.23. The van der Waals surface area contributed by atoms with Crippen molar-refractivity contribution in [3.05, 3.63) is 29.3 Å². The third-order valence-corrected chi connectivity index (χ3v) is 3.59. The van der Waals surface area contributed by atoms with Gasteiger partial charge in [0.05, 0.1) is 0 Å². The first-order valence-electron chi connectivity index (χ1n) is 8.26. The van der Waals surface area contributed by atoms with Gasteiger partial charge in [0, 0.05) is 25.4 Å². The molecule has 1 aliphatic rings. The number of nitrogens with one attached hydrogen (secondary N) is 1. The van der Waals surface area contributed by atoms with E-state index in [4.69, 9.17) is 9.47 Å². The highest BCUT2D eigenvalue weighted by molar-refractivity contribution is 5.91. The molecule has 0 aliphatic carbocycles. The summed E-state index contributed by atoms with van der Waals surface area (Å²) in [6.07, 6.45) is 0.473. The zero-order chi connectivity index (χ0) is 17.7. The SMILES string of the molecule is CCOCC(=O)Nc1ccc2c(c1)CN(C(=O)OC(C)(C)C)CC2. The maximum Gasteiger partial charge on any atom is 0.410 e. The van der Waals surface area contributed by atoms with Crippen LogP contribution in [0.1, 0.15) is 38.8 Å². The Labute approximate surface area is 143 Å². The molecule has 1 aromatic carbocycles. The summed E-state index contributed by atoms with van der Waals surface area (Å²) in [6, 6.07) is 5.79. The molecule has 1 aliphatic heterocycles. The fraction of sp³-hybridized carbons (Fsp3) is 0.556. The number of hydrogen-bond acceptors (Lipinski definition) is 4. The third-order valence-electron chi connectivity index (χ3n) is 3.59. The van der Waals surface area contributed by atoms with Gasteiger partial charge >= 0.3 is 6.09 Å². The van der Waals surface area contributed by atoms with Gasteiger partial charge in [-0.2, -0.15) is 0 Å². The quantitative estimate of drug-likeness (QED) is 0.919. The maximum atomic E-state index is 12.2. The molecule has 24 heavy (non-hydrogen) atoms. The second-order valence-corrected chi connectivity index (χ2v) is 6.82. The number of nitrogens with zero attached hydrogens (tertiary/aromatic N) is 1. The maximum absolute atomic E-state index is 12.2. The number of benzene rings is 1. The van der Waals surface area contributed by atoms with Crippen LogP contribution in [-0.2, 0) is 27.2 Å². The lowest BCUT2D eigenvalue weighted by Crippen LogP contribution is -2.39. The number of hydrogen-bond donors (Lipinski definition) is 1. The highest BCUT2D eigenvalue weighted by Crippen LogP contribution is 2.24. The molecule has 0 atom stereocenters. The molecule has 0 radical (unpaired) electrons. The smallest absolute Gasteiger partial charge is 0.410 e. The lowest BCUT2D eigenvalue weighted by molar-refractivity contribution is -0.120.